The van der Waals surface area contributed by atoms with Crippen molar-refractivity contribution in [3.05, 3.63) is 12.2 Å². The van der Waals surface area contributed by atoms with Gasteiger partial charge in [0.05, 0.1) is 32.5 Å². The zero-order chi connectivity index (χ0) is 14.8. The molecule has 0 radical (unpaired) electrons. The fourth-order valence-corrected chi connectivity index (χ4v) is 1.73. The molecule has 114 valence electrons. The second kappa shape index (κ2) is 9.36. The molecule has 0 N–H and O–H groups in total. The van der Waals surface area contributed by atoms with Gasteiger partial charge in [-0.1, -0.05) is 13.3 Å². The molecule has 6 heteroatoms. The lowest BCUT2D eigenvalue weighted by Gasteiger charge is -2.30. The fourth-order valence-electron chi connectivity index (χ4n) is 1.73. The number of amides is 1. The molecule has 0 unspecified atom stereocenters. The van der Waals surface area contributed by atoms with Gasteiger partial charge in [-0.2, -0.15) is 0 Å². The van der Waals surface area contributed by atoms with Crippen LogP contribution in [-0.2, 0) is 19.0 Å². The molecule has 0 aromatic rings. The van der Waals surface area contributed by atoms with Gasteiger partial charge in [0.25, 0.3) is 0 Å². The molecule has 20 heavy (non-hydrogen) atoms. The normalized spacial score (nSPS) is 19.1. The zero-order valence-corrected chi connectivity index (χ0v) is 12.2. The molecule has 0 spiro atoms. The van der Waals surface area contributed by atoms with Gasteiger partial charge < -0.3 is 19.1 Å². The van der Waals surface area contributed by atoms with E-state index in [0.29, 0.717) is 32.9 Å². The predicted molar refractivity (Wildman–Crippen MR) is 73.3 cm³/mol. The molecule has 1 aliphatic heterocycles. The molecular formula is C14H23NO5. The minimum atomic E-state index is -0.404. The minimum Gasteiger partial charge on any atom is -0.463 e. The van der Waals surface area contributed by atoms with Crippen LogP contribution in [0.15, 0.2) is 12.2 Å². The first-order valence-electron chi connectivity index (χ1n) is 7.05. The number of hydrogen-bond donors (Lipinski definition) is 0. The second-order valence-electron chi connectivity index (χ2n) is 4.43. The highest BCUT2D eigenvalue weighted by atomic mass is 16.6. The molecular weight excluding hydrogens is 262 g/mol. The summed E-state index contributed by atoms with van der Waals surface area (Å²) in [7, 11) is 0. The van der Waals surface area contributed by atoms with Gasteiger partial charge >= 0.3 is 12.1 Å². The van der Waals surface area contributed by atoms with Crippen LogP contribution < -0.4 is 0 Å². The van der Waals surface area contributed by atoms with Crippen molar-refractivity contribution in [3.8, 4) is 0 Å². The molecule has 0 aromatic heterocycles. The van der Waals surface area contributed by atoms with Crippen molar-refractivity contribution in [3.63, 3.8) is 0 Å². The van der Waals surface area contributed by atoms with Crippen LogP contribution in [0, 0.1) is 0 Å². The third kappa shape index (κ3) is 6.06. The Morgan fingerprint density at radius 3 is 2.85 bits per heavy atom. The van der Waals surface area contributed by atoms with Crippen LogP contribution in [0.2, 0.25) is 0 Å². The van der Waals surface area contributed by atoms with E-state index in [1.165, 1.54) is 6.08 Å². The molecule has 1 saturated heterocycles. The predicted octanol–water partition coefficient (Wildman–Crippen LogP) is 1.74. The highest BCUT2D eigenvalue weighted by Gasteiger charge is 2.23. The summed E-state index contributed by atoms with van der Waals surface area (Å²) in [5.74, 6) is -0.404. The van der Waals surface area contributed by atoms with Crippen molar-refractivity contribution in [1.82, 2.24) is 4.90 Å². The molecule has 1 aliphatic rings. The van der Waals surface area contributed by atoms with E-state index in [1.807, 2.05) is 6.92 Å². The lowest BCUT2D eigenvalue weighted by molar-refractivity contribution is -0.137. The Morgan fingerprint density at radius 1 is 1.35 bits per heavy atom. The number of rotatable bonds is 6. The Labute approximate surface area is 119 Å². The largest absolute Gasteiger partial charge is 0.463 e. The smallest absolute Gasteiger partial charge is 0.409 e. The van der Waals surface area contributed by atoms with Gasteiger partial charge in [-0.25, -0.2) is 9.59 Å². The van der Waals surface area contributed by atoms with Gasteiger partial charge in [0.2, 0.25) is 0 Å². The van der Waals surface area contributed by atoms with Gasteiger partial charge in [0, 0.05) is 12.6 Å². The van der Waals surface area contributed by atoms with E-state index >= 15 is 0 Å². The number of carbonyl (C=O) groups is 2. The average molecular weight is 285 g/mol. The van der Waals surface area contributed by atoms with Gasteiger partial charge in [-0.15, -0.1) is 0 Å². The number of esters is 1. The van der Waals surface area contributed by atoms with Crippen LogP contribution in [0.4, 0.5) is 4.79 Å². The Balaban J connectivity index is 2.38. The van der Waals surface area contributed by atoms with Gasteiger partial charge in [0.1, 0.15) is 0 Å². The minimum absolute atomic E-state index is 0.299. The van der Waals surface area contributed by atoms with Crippen LogP contribution >= 0.6 is 0 Å². The van der Waals surface area contributed by atoms with Crippen molar-refractivity contribution >= 4 is 12.1 Å². The standard InChI is InChI=1S/C14H23NO5/c1-3-5-9-20-14(17)15-8-10-19-12(11-15)6-7-13(16)18-4-2/h6-7,12H,3-5,8-11H2,1-2H3/b7-6+/t12-/m1/s1. The average Bonchev–Trinajstić information content (AvgIpc) is 2.46. The molecule has 0 bridgehead atoms. The molecule has 0 aliphatic carbocycles. The Hall–Kier alpha value is -1.56. The highest BCUT2D eigenvalue weighted by molar-refractivity contribution is 5.82. The first-order valence-corrected chi connectivity index (χ1v) is 7.05. The van der Waals surface area contributed by atoms with Crippen molar-refractivity contribution in [2.24, 2.45) is 0 Å². The summed E-state index contributed by atoms with van der Waals surface area (Å²) in [5.41, 5.74) is 0. The number of ether oxygens (including phenoxy) is 3. The maximum Gasteiger partial charge on any atom is 0.409 e. The van der Waals surface area contributed by atoms with Crippen LogP contribution in [0.5, 0.6) is 0 Å². The number of hydrogen-bond acceptors (Lipinski definition) is 5. The molecule has 1 heterocycles. The molecule has 0 aromatic carbocycles. The molecule has 1 fully saturated rings. The molecule has 1 atom stereocenters. The maximum absolute atomic E-state index is 11.8. The van der Waals surface area contributed by atoms with Gasteiger partial charge in [0.15, 0.2) is 0 Å². The highest BCUT2D eigenvalue weighted by Crippen LogP contribution is 2.08. The summed E-state index contributed by atoms with van der Waals surface area (Å²) in [6, 6.07) is 0. The molecule has 1 rings (SSSR count). The lowest BCUT2D eigenvalue weighted by atomic mass is 10.2. The first-order chi connectivity index (χ1) is 9.67. The van der Waals surface area contributed by atoms with Crippen molar-refractivity contribution in [2.75, 3.05) is 32.9 Å². The van der Waals surface area contributed by atoms with E-state index in [0.717, 1.165) is 12.8 Å². The van der Waals surface area contributed by atoms with E-state index < -0.39 is 5.97 Å². The summed E-state index contributed by atoms with van der Waals surface area (Å²) < 4.78 is 15.4. The third-order valence-corrected chi connectivity index (χ3v) is 2.81. The Morgan fingerprint density at radius 2 is 2.15 bits per heavy atom. The van der Waals surface area contributed by atoms with E-state index in [1.54, 1.807) is 17.9 Å². The molecule has 0 saturated carbocycles. The summed E-state index contributed by atoms with van der Waals surface area (Å²) in [4.78, 5) is 24.6. The maximum atomic E-state index is 11.8. The first kappa shape index (κ1) is 16.5. The summed E-state index contributed by atoms with van der Waals surface area (Å²) in [5, 5.41) is 0. The summed E-state index contributed by atoms with van der Waals surface area (Å²) in [6.45, 7) is 5.90. The zero-order valence-electron chi connectivity index (χ0n) is 12.2. The summed E-state index contributed by atoms with van der Waals surface area (Å²) in [6.07, 6.45) is 4.18. The van der Waals surface area contributed by atoms with E-state index in [-0.39, 0.29) is 12.2 Å². The topological polar surface area (TPSA) is 65.1 Å². The van der Waals surface area contributed by atoms with E-state index in [4.69, 9.17) is 14.2 Å². The van der Waals surface area contributed by atoms with Gasteiger partial charge in [-0.05, 0) is 19.4 Å². The number of morpholine rings is 1. The lowest BCUT2D eigenvalue weighted by Crippen LogP contribution is -2.45. The quantitative estimate of drug-likeness (QED) is 0.422. The fraction of sp³-hybridized carbons (Fsp3) is 0.714. The number of unbranched alkanes of at least 4 members (excludes halogenated alkanes) is 1. The third-order valence-electron chi connectivity index (χ3n) is 2.81. The van der Waals surface area contributed by atoms with Crippen LogP contribution in [0.3, 0.4) is 0 Å². The molecule has 6 nitrogen and oxygen atoms in total. The van der Waals surface area contributed by atoms with Crippen LogP contribution in [-0.4, -0.2) is 56.0 Å². The number of carbonyl (C=O) groups excluding carboxylic acids is 2. The van der Waals surface area contributed by atoms with Crippen LogP contribution in [0.1, 0.15) is 26.7 Å². The van der Waals surface area contributed by atoms with Crippen molar-refractivity contribution < 1.29 is 23.8 Å². The SMILES string of the molecule is CCCCOC(=O)N1CCO[C@H](/C=C/C(=O)OCC)C1. The van der Waals surface area contributed by atoms with Crippen molar-refractivity contribution in [2.45, 2.75) is 32.8 Å². The van der Waals surface area contributed by atoms with Crippen LogP contribution in [0.25, 0.3) is 0 Å². The Bertz CT molecular complexity index is 342. The van der Waals surface area contributed by atoms with Crippen molar-refractivity contribution in [1.29, 1.82) is 0 Å². The second-order valence-corrected chi connectivity index (χ2v) is 4.43. The molecule has 1 amide bonds. The van der Waals surface area contributed by atoms with Gasteiger partial charge in [-0.3, -0.25) is 0 Å². The number of nitrogens with zero attached hydrogens (tertiary/aromatic N) is 1. The Kier molecular flexibility index (Phi) is 7.72. The monoisotopic (exact) mass is 285 g/mol. The summed E-state index contributed by atoms with van der Waals surface area (Å²) >= 11 is 0. The van der Waals surface area contributed by atoms with E-state index in [2.05, 4.69) is 0 Å². The van der Waals surface area contributed by atoms with E-state index in [9.17, 15) is 9.59 Å².